The Morgan fingerprint density at radius 1 is 0.773 bits per heavy atom. The van der Waals surface area contributed by atoms with Crippen molar-refractivity contribution in [3.63, 3.8) is 0 Å². The minimum Gasteiger partial charge on any atom is -0.375 e. The maximum absolute atomic E-state index is 2.42. The second kappa shape index (κ2) is 6.04. The first-order valence-corrected chi connectivity index (χ1v) is 8.40. The highest BCUT2D eigenvalue weighted by Gasteiger charge is 2.20. The molecular formula is C20H26N2. The predicted octanol–water partition coefficient (Wildman–Crippen LogP) is 4.56. The van der Waals surface area contributed by atoms with Crippen molar-refractivity contribution in [3.8, 4) is 11.1 Å². The molecule has 0 unspecified atom stereocenters. The Hall–Kier alpha value is -1.96. The molecule has 1 aliphatic rings. The van der Waals surface area contributed by atoms with Crippen LogP contribution in [0, 0.1) is 0 Å². The molecule has 0 saturated carbocycles. The van der Waals surface area contributed by atoms with Crippen molar-refractivity contribution in [1.29, 1.82) is 0 Å². The molecule has 2 nitrogen and oxygen atoms in total. The first kappa shape index (κ1) is 15.0. The highest BCUT2D eigenvalue weighted by Crippen LogP contribution is 2.40. The Morgan fingerprint density at radius 3 is 1.86 bits per heavy atom. The average molecular weight is 294 g/mol. The summed E-state index contributed by atoms with van der Waals surface area (Å²) < 4.78 is 0. The molecule has 2 aromatic carbocycles. The zero-order chi connectivity index (χ0) is 15.7. The van der Waals surface area contributed by atoms with Gasteiger partial charge in [-0.05, 0) is 73.7 Å². The van der Waals surface area contributed by atoms with E-state index in [2.05, 4.69) is 74.0 Å². The highest BCUT2D eigenvalue weighted by atomic mass is 15.1. The fourth-order valence-electron chi connectivity index (χ4n) is 3.35. The molecule has 0 aromatic heterocycles. The summed E-state index contributed by atoms with van der Waals surface area (Å²) in [5, 5.41) is 0. The third-order valence-electron chi connectivity index (χ3n) is 4.90. The van der Waals surface area contributed by atoms with E-state index < -0.39 is 0 Å². The van der Waals surface area contributed by atoms with Crippen molar-refractivity contribution in [2.45, 2.75) is 27.2 Å². The molecule has 2 heteroatoms. The van der Waals surface area contributed by atoms with Crippen molar-refractivity contribution in [3.05, 3.63) is 47.5 Å². The fourth-order valence-corrected chi connectivity index (χ4v) is 3.35. The van der Waals surface area contributed by atoms with Crippen LogP contribution in [0.4, 0.5) is 11.4 Å². The van der Waals surface area contributed by atoms with Gasteiger partial charge in [0.15, 0.2) is 0 Å². The Bertz CT molecular complexity index is 671. The summed E-state index contributed by atoms with van der Waals surface area (Å²) in [6.07, 6.45) is 1.07. The number of anilines is 2. The summed E-state index contributed by atoms with van der Waals surface area (Å²) >= 11 is 0. The van der Waals surface area contributed by atoms with Gasteiger partial charge in [-0.1, -0.05) is 12.1 Å². The smallest absolute Gasteiger partial charge is 0.0372 e. The minimum atomic E-state index is 1.03. The summed E-state index contributed by atoms with van der Waals surface area (Å²) in [6.45, 7) is 9.78. The average Bonchev–Trinajstić information content (AvgIpc) is 2.92. The van der Waals surface area contributed by atoms with E-state index in [-0.39, 0.29) is 0 Å². The molecule has 0 atom stereocenters. The van der Waals surface area contributed by atoms with Crippen LogP contribution in [0.5, 0.6) is 0 Å². The van der Waals surface area contributed by atoms with Crippen LogP contribution in [-0.4, -0.2) is 26.7 Å². The fraction of sp³-hybridized carbons (Fsp3) is 0.400. The zero-order valence-electron chi connectivity index (χ0n) is 14.2. The number of rotatable bonds is 5. The third kappa shape index (κ3) is 2.47. The van der Waals surface area contributed by atoms with Crippen LogP contribution in [0.3, 0.4) is 0 Å². The molecule has 0 fully saturated rings. The molecule has 0 saturated heterocycles. The van der Waals surface area contributed by atoms with E-state index in [0.717, 1.165) is 26.1 Å². The normalized spacial score (nSPS) is 12.0. The van der Waals surface area contributed by atoms with Gasteiger partial charge in [0.25, 0.3) is 0 Å². The van der Waals surface area contributed by atoms with Crippen molar-refractivity contribution in [2.24, 2.45) is 0 Å². The van der Waals surface area contributed by atoms with E-state index in [9.17, 15) is 0 Å². The van der Waals surface area contributed by atoms with E-state index >= 15 is 0 Å². The number of hydrogen-bond acceptors (Lipinski definition) is 2. The molecule has 3 rings (SSSR count). The van der Waals surface area contributed by atoms with Crippen molar-refractivity contribution < 1.29 is 0 Å². The van der Waals surface area contributed by atoms with Crippen LogP contribution in [0.1, 0.15) is 31.9 Å². The zero-order valence-corrected chi connectivity index (χ0v) is 14.2. The van der Waals surface area contributed by atoms with Crippen molar-refractivity contribution >= 4 is 11.4 Å². The molecule has 0 heterocycles. The van der Waals surface area contributed by atoms with E-state index in [1.807, 2.05) is 0 Å². The molecule has 1 aliphatic carbocycles. The third-order valence-corrected chi connectivity index (χ3v) is 4.90. The van der Waals surface area contributed by atoms with Gasteiger partial charge in [0.1, 0.15) is 0 Å². The standard InChI is InChI=1S/C20H26N2/c1-5-21(4)17-10-8-15-12-16-9-11-18(22(6-2)7-3)14-20(16)19(15)13-17/h8-11,13-14H,5-7,12H2,1-4H3. The number of fused-ring (bicyclic) bond motifs is 3. The monoisotopic (exact) mass is 294 g/mol. The van der Waals surface area contributed by atoms with Crippen LogP contribution in [0.25, 0.3) is 11.1 Å². The van der Waals surface area contributed by atoms with Gasteiger partial charge >= 0.3 is 0 Å². The topological polar surface area (TPSA) is 6.48 Å². The second-order valence-electron chi connectivity index (χ2n) is 6.05. The van der Waals surface area contributed by atoms with E-state index in [4.69, 9.17) is 0 Å². The maximum atomic E-state index is 2.42. The van der Waals surface area contributed by atoms with Gasteiger partial charge in [0, 0.05) is 38.1 Å². The van der Waals surface area contributed by atoms with Crippen LogP contribution >= 0.6 is 0 Å². The predicted molar refractivity (Wildman–Crippen MR) is 97.2 cm³/mol. The van der Waals surface area contributed by atoms with E-state index in [0.29, 0.717) is 0 Å². The Morgan fingerprint density at radius 2 is 1.32 bits per heavy atom. The Kier molecular flexibility index (Phi) is 4.10. The molecule has 116 valence electrons. The molecule has 2 aromatic rings. The van der Waals surface area contributed by atoms with Gasteiger partial charge in [0.2, 0.25) is 0 Å². The second-order valence-corrected chi connectivity index (χ2v) is 6.05. The molecule has 0 aliphatic heterocycles. The molecule has 22 heavy (non-hydrogen) atoms. The Labute approximate surface area is 134 Å². The van der Waals surface area contributed by atoms with Gasteiger partial charge in [-0.3, -0.25) is 0 Å². The number of benzene rings is 2. The molecular weight excluding hydrogens is 268 g/mol. The SMILES string of the molecule is CCN(C)c1ccc2c(c1)-c1cc(N(CC)CC)ccc1C2. The molecule has 0 spiro atoms. The Balaban J connectivity index is 2.04. The maximum Gasteiger partial charge on any atom is 0.0372 e. The highest BCUT2D eigenvalue weighted by molar-refractivity contribution is 5.82. The van der Waals surface area contributed by atoms with Crippen molar-refractivity contribution in [1.82, 2.24) is 0 Å². The van der Waals surface area contributed by atoms with Gasteiger partial charge < -0.3 is 9.80 Å². The quantitative estimate of drug-likeness (QED) is 0.680. The lowest BCUT2D eigenvalue weighted by atomic mass is 10.0. The largest absolute Gasteiger partial charge is 0.375 e. The first-order chi connectivity index (χ1) is 10.7. The summed E-state index contributed by atoms with van der Waals surface area (Å²) in [7, 11) is 2.16. The van der Waals surface area contributed by atoms with Gasteiger partial charge in [-0.2, -0.15) is 0 Å². The lowest BCUT2D eigenvalue weighted by molar-refractivity contribution is 0.866. The van der Waals surface area contributed by atoms with Gasteiger partial charge in [-0.15, -0.1) is 0 Å². The summed E-state index contributed by atoms with van der Waals surface area (Å²) in [5.74, 6) is 0. The minimum absolute atomic E-state index is 1.03. The van der Waals surface area contributed by atoms with Crippen LogP contribution in [0.2, 0.25) is 0 Å². The van der Waals surface area contributed by atoms with Gasteiger partial charge in [0.05, 0.1) is 0 Å². The lowest BCUT2D eigenvalue weighted by Gasteiger charge is -2.22. The van der Waals surface area contributed by atoms with Crippen LogP contribution in [0.15, 0.2) is 36.4 Å². The molecule has 0 radical (unpaired) electrons. The lowest BCUT2D eigenvalue weighted by Crippen LogP contribution is -2.21. The number of hydrogen-bond donors (Lipinski definition) is 0. The number of nitrogens with zero attached hydrogens (tertiary/aromatic N) is 2. The van der Waals surface area contributed by atoms with E-state index in [1.165, 1.54) is 33.6 Å². The summed E-state index contributed by atoms with van der Waals surface area (Å²) in [5.41, 5.74) is 8.41. The molecule has 0 N–H and O–H groups in total. The van der Waals surface area contributed by atoms with Crippen molar-refractivity contribution in [2.75, 3.05) is 36.5 Å². The van der Waals surface area contributed by atoms with Crippen LogP contribution in [-0.2, 0) is 6.42 Å². The molecule has 0 amide bonds. The van der Waals surface area contributed by atoms with E-state index in [1.54, 1.807) is 0 Å². The van der Waals surface area contributed by atoms with Gasteiger partial charge in [-0.25, -0.2) is 0 Å². The summed E-state index contributed by atoms with van der Waals surface area (Å²) in [6, 6.07) is 13.9. The first-order valence-electron chi connectivity index (χ1n) is 8.40. The van der Waals surface area contributed by atoms with Crippen LogP contribution < -0.4 is 9.80 Å². The summed E-state index contributed by atoms with van der Waals surface area (Å²) in [4.78, 5) is 4.72. The molecule has 0 bridgehead atoms.